The number of carbonyl (C=O) groups is 2. The first-order chi connectivity index (χ1) is 14.8. The molecule has 9 heteroatoms. The van der Waals surface area contributed by atoms with Crippen LogP contribution in [-0.2, 0) is 9.59 Å². The van der Waals surface area contributed by atoms with Crippen molar-refractivity contribution in [3.05, 3.63) is 54.1 Å². The molecule has 0 radical (unpaired) electrons. The van der Waals surface area contributed by atoms with Crippen LogP contribution in [0.1, 0.15) is 30.1 Å². The van der Waals surface area contributed by atoms with Crippen molar-refractivity contribution < 1.29 is 9.59 Å². The number of hydrogen-bond acceptors (Lipinski definition) is 7. The fourth-order valence-electron chi connectivity index (χ4n) is 3.83. The molecule has 1 fully saturated rings. The Bertz CT molecular complexity index is 1160. The SMILES string of the molecule is C=O.C=O.N#Cc1ccc(N2CCCC(c3nnc4cnc5[nH]ccc5n34)C2)cc1. The Labute approximate surface area is 173 Å². The lowest BCUT2D eigenvalue weighted by molar-refractivity contribution is -0.0987. The fraction of sp³-hybridized carbons (Fsp3) is 0.238. The highest BCUT2D eigenvalue weighted by Gasteiger charge is 2.26. The summed E-state index contributed by atoms with van der Waals surface area (Å²) in [5.41, 5.74) is 4.47. The molecule has 4 aromatic rings. The lowest BCUT2D eigenvalue weighted by Gasteiger charge is -2.33. The average Bonchev–Trinajstić information content (AvgIpc) is 3.48. The Balaban J connectivity index is 0.000000606. The van der Waals surface area contributed by atoms with Gasteiger partial charge in [-0.25, -0.2) is 4.98 Å². The number of nitrogens with zero attached hydrogens (tertiary/aromatic N) is 6. The molecule has 0 bridgehead atoms. The quantitative estimate of drug-likeness (QED) is 0.546. The molecule has 1 unspecified atom stereocenters. The Morgan fingerprint density at radius 1 is 1.10 bits per heavy atom. The summed E-state index contributed by atoms with van der Waals surface area (Å²) in [4.78, 5) is 25.9. The van der Waals surface area contributed by atoms with Crippen molar-refractivity contribution in [1.29, 1.82) is 5.26 Å². The second kappa shape index (κ2) is 9.43. The maximum Gasteiger partial charge on any atom is 0.179 e. The number of nitrogens with one attached hydrogen (secondary N) is 1. The Morgan fingerprint density at radius 3 is 2.60 bits per heavy atom. The Kier molecular flexibility index (Phi) is 6.49. The maximum absolute atomic E-state index is 8.99. The minimum Gasteiger partial charge on any atom is -0.371 e. The summed E-state index contributed by atoms with van der Waals surface area (Å²) in [6, 6.07) is 12.0. The van der Waals surface area contributed by atoms with Gasteiger partial charge in [-0.3, -0.25) is 4.40 Å². The number of nitriles is 1. The zero-order valence-electron chi connectivity index (χ0n) is 16.4. The molecule has 5 rings (SSSR count). The second-order valence-electron chi connectivity index (χ2n) is 6.67. The maximum atomic E-state index is 8.99. The second-order valence-corrected chi connectivity index (χ2v) is 6.67. The van der Waals surface area contributed by atoms with Crippen LogP contribution >= 0.6 is 0 Å². The number of carbonyl (C=O) groups excluding carboxylic acids is 2. The van der Waals surface area contributed by atoms with Crippen molar-refractivity contribution in [2.45, 2.75) is 18.8 Å². The standard InChI is InChI=1S/C19H17N7.2CH2O/c20-10-13-3-5-15(6-4-13)25-9-1-2-14(12-25)19-24-23-17-11-22-18-16(26(17)19)7-8-21-18;2*1-2/h3-8,11,14,21H,1-2,9,12H2;2*1H2. The Hall–Kier alpha value is -4.06. The van der Waals surface area contributed by atoms with E-state index < -0.39 is 0 Å². The van der Waals surface area contributed by atoms with Gasteiger partial charge in [0.25, 0.3) is 0 Å². The molecular weight excluding hydrogens is 382 g/mol. The molecule has 30 heavy (non-hydrogen) atoms. The van der Waals surface area contributed by atoms with Crippen molar-refractivity contribution in [3.63, 3.8) is 0 Å². The zero-order valence-corrected chi connectivity index (χ0v) is 16.4. The number of aromatic nitrogens is 5. The topological polar surface area (TPSA) is 120 Å². The first-order valence-electron chi connectivity index (χ1n) is 9.33. The predicted molar refractivity (Wildman–Crippen MR) is 112 cm³/mol. The van der Waals surface area contributed by atoms with Crippen molar-refractivity contribution >= 4 is 36.1 Å². The van der Waals surface area contributed by atoms with Crippen molar-refractivity contribution in [3.8, 4) is 6.07 Å². The normalized spacial score (nSPS) is 15.6. The minimum atomic E-state index is 0.301. The minimum absolute atomic E-state index is 0.301. The van der Waals surface area contributed by atoms with Crippen LogP contribution in [0.4, 0.5) is 5.69 Å². The average molecular weight is 403 g/mol. The molecule has 1 aromatic carbocycles. The third-order valence-electron chi connectivity index (χ3n) is 5.12. The molecule has 4 heterocycles. The van der Waals surface area contributed by atoms with E-state index in [2.05, 4.69) is 35.5 Å². The highest BCUT2D eigenvalue weighted by Crippen LogP contribution is 2.30. The van der Waals surface area contributed by atoms with Crippen LogP contribution < -0.4 is 4.90 Å². The van der Waals surface area contributed by atoms with Crippen LogP contribution in [0.5, 0.6) is 0 Å². The van der Waals surface area contributed by atoms with Crippen molar-refractivity contribution in [1.82, 2.24) is 24.6 Å². The Morgan fingerprint density at radius 2 is 1.87 bits per heavy atom. The number of aromatic amines is 1. The van der Waals surface area contributed by atoms with E-state index in [9.17, 15) is 0 Å². The van der Waals surface area contributed by atoms with E-state index in [1.54, 1.807) is 6.20 Å². The van der Waals surface area contributed by atoms with E-state index >= 15 is 0 Å². The summed E-state index contributed by atoms with van der Waals surface area (Å²) in [5.74, 6) is 1.29. The van der Waals surface area contributed by atoms with Gasteiger partial charge in [0.1, 0.15) is 19.4 Å². The lowest BCUT2D eigenvalue weighted by Crippen LogP contribution is -2.35. The van der Waals surface area contributed by atoms with Gasteiger partial charge in [0, 0.05) is 30.9 Å². The van der Waals surface area contributed by atoms with Gasteiger partial charge in [0.05, 0.1) is 23.3 Å². The molecule has 1 saturated heterocycles. The number of benzene rings is 1. The molecule has 0 saturated carbocycles. The summed E-state index contributed by atoms with van der Waals surface area (Å²) >= 11 is 0. The molecule has 1 aliphatic rings. The highest BCUT2D eigenvalue weighted by atomic mass is 16.1. The van der Waals surface area contributed by atoms with E-state index in [0.717, 1.165) is 54.3 Å². The highest BCUT2D eigenvalue weighted by molar-refractivity contribution is 5.74. The summed E-state index contributed by atoms with van der Waals surface area (Å²) in [6.07, 6.45) is 5.84. The number of fused-ring (bicyclic) bond motifs is 3. The van der Waals surface area contributed by atoms with E-state index in [0.29, 0.717) is 11.5 Å². The fourth-order valence-corrected chi connectivity index (χ4v) is 3.83. The molecule has 1 N–H and O–H groups in total. The van der Waals surface area contributed by atoms with Crippen LogP contribution in [0, 0.1) is 11.3 Å². The lowest BCUT2D eigenvalue weighted by atomic mass is 9.96. The van der Waals surface area contributed by atoms with Crippen LogP contribution in [0.25, 0.3) is 16.8 Å². The zero-order chi connectivity index (χ0) is 21.5. The van der Waals surface area contributed by atoms with Gasteiger partial charge in [0.2, 0.25) is 0 Å². The van der Waals surface area contributed by atoms with E-state index in [-0.39, 0.29) is 0 Å². The van der Waals surface area contributed by atoms with Gasteiger partial charge in [0.15, 0.2) is 11.3 Å². The molecule has 152 valence electrons. The monoisotopic (exact) mass is 403 g/mol. The van der Waals surface area contributed by atoms with Gasteiger partial charge in [-0.15, -0.1) is 10.2 Å². The number of piperidine rings is 1. The number of anilines is 1. The van der Waals surface area contributed by atoms with E-state index in [4.69, 9.17) is 14.9 Å². The molecule has 1 aliphatic heterocycles. The molecule has 0 amide bonds. The molecule has 1 atom stereocenters. The summed E-state index contributed by atoms with van der Waals surface area (Å²) < 4.78 is 2.12. The first-order valence-corrected chi connectivity index (χ1v) is 9.33. The first kappa shape index (κ1) is 20.7. The van der Waals surface area contributed by atoms with E-state index in [1.807, 2.05) is 50.1 Å². The van der Waals surface area contributed by atoms with Gasteiger partial charge in [-0.05, 0) is 43.2 Å². The summed E-state index contributed by atoms with van der Waals surface area (Å²) in [6.45, 7) is 5.90. The molecule has 0 aliphatic carbocycles. The summed E-state index contributed by atoms with van der Waals surface area (Å²) in [7, 11) is 0. The van der Waals surface area contributed by atoms with Crippen LogP contribution in [0.3, 0.4) is 0 Å². The summed E-state index contributed by atoms with van der Waals surface area (Å²) in [5, 5.41) is 17.8. The van der Waals surface area contributed by atoms with Crippen LogP contribution in [0.15, 0.2) is 42.7 Å². The van der Waals surface area contributed by atoms with Crippen LogP contribution in [0.2, 0.25) is 0 Å². The van der Waals surface area contributed by atoms with Gasteiger partial charge in [-0.1, -0.05) is 0 Å². The number of rotatable bonds is 2. The predicted octanol–water partition coefficient (Wildman–Crippen LogP) is 2.49. The largest absolute Gasteiger partial charge is 0.371 e. The number of H-pyrrole nitrogens is 1. The van der Waals surface area contributed by atoms with Gasteiger partial charge >= 0.3 is 0 Å². The van der Waals surface area contributed by atoms with Gasteiger partial charge in [-0.2, -0.15) is 5.26 Å². The molecule has 9 nitrogen and oxygen atoms in total. The number of hydrogen-bond donors (Lipinski definition) is 1. The van der Waals surface area contributed by atoms with E-state index in [1.165, 1.54) is 0 Å². The third-order valence-corrected chi connectivity index (χ3v) is 5.12. The smallest absolute Gasteiger partial charge is 0.179 e. The van der Waals surface area contributed by atoms with Crippen molar-refractivity contribution in [2.24, 2.45) is 0 Å². The van der Waals surface area contributed by atoms with Crippen LogP contribution in [-0.4, -0.2) is 51.2 Å². The third kappa shape index (κ3) is 3.75. The molecule has 0 spiro atoms. The molecule has 3 aromatic heterocycles. The van der Waals surface area contributed by atoms with Gasteiger partial charge < -0.3 is 19.5 Å². The molecular formula is C21H21N7O2. The van der Waals surface area contributed by atoms with Crippen molar-refractivity contribution in [2.75, 3.05) is 18.0 Å².